The number of aliphatic carboxylic acids is 1. The van der Waals surface area contributed by atoms with Crippen LogP contribution in [0.4, 0.5) is 10.6 Å². The highest BCUT2D eigenvalue weighted by molar-refractivity contribution is 6.32. The second kappa shape index (κ2) is 8.90. The SMILES string of the molecule is N[C@@H](Cc1ccc(OC(=O)N2CCN(c3ccccn3)CC2)c(Cl)c1)C(=O)O. The molecular weight excluding hydrogens is 384 g/mol. The van der Waals surface area contributed by atoms with Gasteiger partial charge in [-0.15, -0.1) is 0 Å². The van der Waals surface area contributed by atoms with E-state index in [1.165, 1.54) is 0 Å². The molecule has 1 aliphatic heterocycles. The van der Waals surface area contributed by atoms with Crippen molar-refractivity contribution in [3.05, 3.63) is 53.2 Å². The molecular formula is C19H21ClN4O4. The number of carbonyl (C=O) groups is 2. The van der Waals surface area contributed by atoms with Crippen LogP contribution in [0.3, 0.4) is 0 Å². The van der Waals surface area contributed by atoms with Crippen LogP contribution in [0.1, 0.15) is 5.56 Å². The van der Waals surface area contributed by atoms with Gasteiger partial charge in [-0.2, -0.15) is 0 Å². The van der Waals surface area contributed by atoms with Gasteiger partial charge < -0.3 is 25.4 Å². The number of carbonyl (C=O) groups excluding carboxylic acids is 1. The zero-order chi connectivity index (χ0) is 20.1. The summed E-state index contributed by atoms with van der Waals surface area (Å²) in [6.07, 6.45) is 1.40. The molecule has 2 heterocycles. The first-order chi connectivity index (χ1) is 13.4. The number of amides is 1. The number of hydrogen-bond donors (Lipinski definition) is 2. The standard InChI is InChI=1S/C19H21ClN4O4/c20-14-11-13(12-15(21)18(25)26)4-5-16(14)28-19(27)24-9-7-23(8-10-24)17-3-1-2-6-22-17/h1-6,11,15H,7-10,12,21H2,(H,25,26)/t15-/m0/s1. The van der Waals surface area contributed by atoms with Crippen LogP contribution in [0.15, 0.2) is 42.6 Å². The maximum Gasteiger partial charge on any atom is 0.415 e. The van der Waals surface area contributed by atoms with E-state index in [2.05, 4.69) is 9.88 Å². The van der Waals surface area contributed by atoms with E-state index in [1.54, 1.807) is 29.3 Å². The number of halogens is 1. The van der Waals surface area contributed by atoms with Crippen molar-refractivity contribution < 1.29 is 19.4 Å². The van der Waals surface area contributed by atoms with E-state index >= 15 is 0 Å². The van der Waals surface area contributed by atoms with Gasteiger partial charge in [-0.1, -0.05) is 23.7 Å². The molecule has 1 atom stereocenters. The van der Waals surface area contributed by atoms with Crippen molar-refractivity contribution >= 4 is 29.5 Å². The minimum absolute atomic E-state index is 0.138. The molecule has 0 unspecified atom stereocenters. The summed E-state index contributed by atoms with van der Waals surface area (Å²) in [4.78, 5) is 31.3. The van der Waals surface area contributed by atoms with Gasteiger partial charge >= 0.3 is 12.1 Å². The van der Waals surface area contributed by atoms with Gasteiger partial charge in [0.25, 0.3) is 0 Å². The highest BCUT2D eigenvalue weighted by Gasteiger charge is 2.24. The maximum atomic E-state index is 12.4. The fourth-order valence-electron chi connectivity index (χ4n) is 2.91. The largest absolute Gasteiger partial charge is 0.480 e. The molecule has 3 N–H and O–H groups in total. The van der Waals surface area contributed by atoms with Gasteiger partial charge in [0.1, 0.15) is 11.9 Å². The third-order valence-electron chi connectivity index (χ3n) is 4.48. The lowest BCUT2D eigenvalue weighted by Crippen LogP contribution is -2.49. The Labute approximate surface area is 167 Å². The van der Waals surface area contributed by atoms with Crippen LogP contribution in [0, 0.1) is 0 Å². The Hall–Kier alpha value is -2.84. The third kappa shape index (κ3) is 4.90. The van der Waals surface area contributed by atoms with E-state index in [1.807, 2.05) is 18.2 Å². The van der Waals surface area contributed by atoms with Gasteiger partial charge in [-0.25, -0.2) is 9.78 Å². The number of piperazine rings is 1. The number of aromatic nitrogens is 1. The number of rotatable bonds is 5. The monoisotopic (exact) mass is 404 g/mol. The average Bonchev–Trinajstić information content (AvgIpc) is 2.70. The van der Waals surface area contributed by atoms with Crippen molar-refractivity contribution in [2.24, 2.45) is 5.73 Å². The Morgan fingerprint density at radius 1 is 1.21 bits per heavy atom. The molecule has 0 spiro atoms. The zero-order valence-electron chi connectivity index (χ0n) is 15.1. The lowest BCUT2D eigenvalue weighted by molar-refractivity contribution is -0.138. The molecule has 0 bridgehead atoms. The second-order valence-electron chi connectivity index (χ2n) is 6.44. The predicted octanol–water partition coefficient (Wildman–Crippen LogP) is 2.01. The van der Waals surface area contributed by atoms with E-state index < -0.39 is 18.1 Å². The number of pyridine rings is 1. The molecule has 1 saturated heterocycles. The lowest BCUT2D eigenvalue weighted by Gasteiger charge is -2.34. The fourth-order valence-corrected chi connectivity index (χ4v) is 3.15. The predicted molar refractivity (Wildman–Crippen MR) is 105 cm³/mol. The van der Waals surface area contributed by atoms with E-state index in [0.717, 1.165) is 5.82 Å². The summed E-state index contributed by atoms with van der Waals surface area (Å²) < 4.78 is 5.41. The lowest BCUT2D eigenvalue weighted by atomic mass is 10.1. The molecule has 2 aromatic rings. The molecule has 3 rings (SSSR count). The van der Waals surface area contributed by atoms with E-state index in [-0.39, 0.29) is 17.2 Å². The Kier molecular flexibility index (Phi) is 6.33. The summed E-state index contributed by atoms with van der Waals surface area (Å²) in [5.74, 6) is 0.0247. The molecule has 148 valence electrons. The number of ether oxygens (including phenoxy) is 1. The van der Waals surface area contributed by atoms with Gasteiger partial charge in [0, 0.05) is 32.4 Å². The Morgan fingerprint density at radius 3 is 2.57 bits per heavy atom. The molecule has 0 saturated carbocycles. The Bertz CT molecular complexity index is 841. The summed E-state index contributed by atoms with van der Waals surface area (Å²) in [5, 5.41) is 9.11. The van der Waals surface area contributed by atoms with Crippen molar-refractivity contribution in [1.29, 1.82) is 0 Å². The number of carboxylic acid groups (broad SMARTS) is 1. The van der Waals surface area contributed by atoms with Crippen LogP contribution in [0.5, 0.6) is 5.75 Å². The number of nitrogens with two attached hydrogens (primary N) is 1. The number of benzene rings is 1. The van der Waals surface area contributed by atoms with Crippen molar-refractivity contribution in [2.75, 3.05) is 31.1 Å². The van der Waals surface area contributed by atoms with Crippen LogP contribution in [0.2, 0.25) is 5.02 Å². The van der Waals surface area contributed by atoms with E-state index in [4.69, 9.17) is 27.2 Å². The molecule has 1 aliphatic rings. The first-order valence-electron chi connectivity index (χ1n) is 8.83. The maximum absolute atomic E-state index is 12.4. The average molecular weight is 405 g/mol. The van der Waals surface area contributed by atoms with Crippen molar-refractivity contribution in [2.45, 2.75) is 12.5 Å². The minimum Gasteiger partial charge on any atom is -0.480 e. The van der Waals surface area contributed by atoms with Gasteiger partial charge in [-0.05, 0) is 36.2 Å². The van der Waals surface area contributed by atoms with Gasteiger partial charge in [0.15, 0.2) is 5.75 Å². The minimum atomic E-state index is -1.09. The zero-order valence-corrected chi connectivity index (χ0v) is 15.9. The van der Waals surface area contributed by atoms with Gasteiger partial charge in [0.2, 0.25) is 0 Å². The smallest absolute Gasteiger partial charge is 0.415 e. The summed E-state index contributed by atoms with van der Waals surface area (Å²) in [7, 11) is 0. The Balaban J connectivity index is 1.56. The van der Waals surface area contributed by atoms with Gasteiger partial charge in [0.05, 0.1) is 5.02 Å². The summed E-state index contributed by atoms with van der Waals surface area (Å²) in [6.45, 7) is 2.34. The second-order valence-corrected chi connectivity index (χ2v) is 6.85. The van der Waals surface area contributed by atoms with E-state index in [0.29, 0.717) is 31.7 Å². The van der Waals surface area contributed by atoms with Crippen LogP contribution < -0.4 is 15.4 Å². The summed E-state index contributed by atoms with van der Waals surface area (Å²) in [5.41, 5.74) is 6.18. The molecule has 28 heavy (non-hydrogen) atoms. The quantitative estimate of drug-likeness (QED) is 0.784. The van der Waals surface area contributed by atoms with Crippen molar-refractivity contribution in [3.8, 4) is 5.75 Å². The Morgan fingerprint density at radius 2 is 1.96 bits per heavy atom. The molecule has 9 heteroatoms. The van der Waals surface area contributed by atoms with Crippen LogP contribution in [-0.2, 0) is 11.2 Å². The molecule has 1 fully saturated rings. The molecule has 0 aliphatic carbocycles. The number of hydrogen-bond acceptors (Lipinski definition) is 6. The van der Waals surface area contributed by atoms with Crippen molar-refractivity contribution in [1.82, 2.24) is 9.88 Å². The summed E-state index contributed by atoms with van der Waals surface area (Å²) >= 11 is 6.18. The number of anilines is 1. The van der Waals surface area contributed by atoms with Crippen LogP contribution in [0.25, 0.3) is 0 Å². The third-order valence-corrected chi connectivity index (χ3v) is 4.77. The number of nitrogens with zero attached hydrogens (tertiary/aromatic N) is 3. The van der Waals surface area contributed by atoms with Gasteiger partial charge in [-0.3, -0.25) is 4.79 Å². The van der Waals surface area contributed by atoms with Crippen LogP contribution in [-0.4, -0.2) is 59.3 Å². The number of carboxylic acids is 1. The highest BCUT2D eigenvalue weighted by atomic mass is 35.5. The molecule has 1 aromatic carbocycles. The highest BCUT2D eigenvalue weighted by Crippen LogP contribution is 2.27. The molecule has 8 nitrogen and oxygen atoms in total. The normalized spacial score (nSPS) is 15.2. The first kappa shape index (κ1) is 19.9. The van der Waals surface area contributed by atoms with Crippen LogP contribution >= 0.6 is 11.6 Å². The molecule has 1 aromatic heterocycles. The van der Waals surface area contributed by atoms with E-state index in [9.17, 15) is 9.59 Å². The van der Waals surface area contributed by atoms with Crippen molar-refractivity contribution in [3.63, 3.8) is 0 Å². The summed E-state index contributed by atoms with van der Waals surface area (Å²) in [6, 6.07) is 9.47. The molecule has 1 amide bonds. The first-order valence-corrected chi connectivity index (χ1v) is 9.21. The fraction of sp³-hybridized carbons (Fsp3) is 0.316. The molecule has 0 radical (unpaired) electrons. The topological polar surface area (TPSA) is 109 Å².